The molecule has 4 rings (SSSR count). The maximum atomic E-state index is 11.6. The van der Waals surface area contributed by atoms with Gasteiger partial charge >= 0.3 is 0 Å². The quantitative estimate of drug-likeness (QED) is 0.671. The summed E-state index contributed by atoms with van der Waals surface area (Å²) >= 11 is 0. The van der Waals surface area contributed by atoms with Gasteiger partial charge < -0.3 is 5.32 Å². The predicted octanol–water partition coefficient (Wildman–Crippen LogP) is 5.33. The minimum atomic E-state index is -0.0579. The van der Waals surface area contributed by atoms with Crippen molar-refractivity contribution in [3.63, 3.8) is 0 Å². The Kier molecular flexibility index (Phi) is 4.40. The number of hydrogen-bond acceptors (Lipinski definition) is 1. The predicted molar refractivity (Wildman–Crippen MR) is 108 cm³/mol. The summed E-state index contributed by atoms with van der Waals surface area (Å²) in [5.41, 5.74) is 8.35. The minimum absolute atomic E-state index is 0.0579. The van der Waals surface area contributed by atoms with Crippen molar-refractivity contribution in [1.82, 2.24) is 0 Å². The van der Waals surface area contributed by atoms with E-state index in [1.165, 1.54) is 27.8 Å². The van der Waals surface area contributed by atoms with Gasteiger partial charge in [-0.15, -0.1) is 0 Å². The van der Waals surface area contributed by atoms with Gasteiger partial charge in [0.25, 0.3) is 0 Å². The first-order valence-electron chi connectivity index (χ1n) is 8.97. The molecule has 1 aliphatic carbocycles. The third-order valence-corrected chi connectivity index (χ3v) is 4.85. The average Bonchev–Trinajstić information content (AvgIpc) is 2.81. The Bertz CT molecular complexity index is 951. The third kappa shape index (κ3) is 3.18. The molecule has 0 aliphatic heterocycles. The maximum absolute atomic E-state index is 11.6. The zero-order chi connectivity index (χ0) is 17.9. The minimum Gasteiger partial charge on any atom is -0.326 e. The molecule has 0 unspecified atom stereocenters. The number of nitrogens with one attached hydrogen (secondary N) is 1. The number of amides is 1. The fourth-order valence-corrected chi connectivity index (χ4v) is 3.65. The first kappa shape index (κ1) is 16.3. The van der Waals surface area contributed by atoms with Gasteiger partial charge in [-0.3, -0.25) is 4.79 Å². The lowest BCUT2D eigenvalue weighted by Gasteiger charge is -2.14. The van der Waals surface area contributed by atoms with E-state index in [9.17, 15) is 4.79 Å². The number of fused-ring (bicyclic) bond motifs is 2. The summed E-state index contributed by atoms with van der Waals surface area (Å²) in [5.74, 6) is -0.0579. The smallest absolute Gasteiger partial charge is 0.221 e. The molecule has 2 heteroatoms. The fourth-order valence-electron chi connectivity index (χ4n) is 3.65. The van der Waals surface area contributed by atoms with E-state index in [4.69, 9.17) is 0 Å². The Morgan fingerprint density at radius 1 is 0.808 bits per heavy atom. The molecule has 3 aromatic carbocycles. The van der Waals surface area contributed by atoms with Crippen molar-refractivity contribution in [2.24, 2.45) is 0 Å². The number of hydrogen-bond donors (Lipinski definition) is 1. The van der Waals surface area contributed by atoms with Crippen LogP contribution in [0.2, 0.25) is 0 Å². The number of carbonyl (C=O) groups is 1. The summed E-state index contributed by atoms with van der Waals surface area (Å²) in [5, 5.41) is 2.94. The Labute approximate surface area is 154 Å². The molecule has 0 radical (unpaired) electrons. The van der Waals surface area contributed by atoms with E-state index in [0.29, 0.717) is 0 Å². The monoisotopic (exact) mass is 339 g/mol. The molecule has 0 heterocycles. The lowest BCUT2D eigenvalue weighted by atomic mass is 9.92. The van der Waals surface area contributed by atoms with E-state index in [1.807, 2.05) is 24.3 Å². The molecule has 0 saturated carbocycles. The highest BCUT2D eigenvalue weighted by Crippen LogP contribution is 2.35. The second-order valence-electron chi connectivity index (χ2n) is 6.64. The van der Waals surface area contributed by atoms with Gasteiger partial charge in [0.05, 0.1) is 0 Å². The normalized spacial score (nSPS) is 12.6. The molecule has 1 N–H and O–H groups in total. The Morgan fingerprint density at radius 3 is 1.96 bits per heavy atom. The fraction of sp³-hybridized carbons (Fsp3) is 0.125. The Balaban J connectivity index is 1.94. The number of para-hydroxylation sites is 1. The molecule has 2 nitrogen and oxygen atoms in total. The first-order chi connectivity index (χ1) is 12.7. The van der Waals surface area contributed by atoms with Crippen LogP contribution >= 0.6 is 0 Å². The molecule has 1 amide bonds. The lowest BCUT2D eigenvalue weighted by Crippen LogP contribution is -2.07. The zero-order valence-corrected chi connectivity index (χ0v) is 14.8. The highest BCUT2D eigenvalue weighted by Gasteiger charge is 2.17. The second kappa shape index (κ2) is 7.01. The van der Waals surface area contributed by atoms with E-state index in [0.717, 1.165) is 24.1 Å². The molecule has 0 aromatic heterocycles. The number of rotatable bonds is 2. The summed E-state index contributed by atoms with van der Waals surface area (Å²) in [6, 6.07) is 25.2. The molecule has 0 spiro atoms. The molecule has 0 atom stereocenters. The number of anilines is 1. The van der Waals surface area contributed by atoms with Gasteiger partial charge in [-0.25, -0.2) is 0 Å². The van der Waals surface area contributed by atoms with Crippen LogP contribution in [0.3, 0.4) is 0 Å². The van der Waals surface area contributed by atoms with Crippen LogP contribution in [0.15, 0.2) is 72.8 Å². The van der Waals surface area contributed by atoms with E-state index in [1.54, 1.807) is 6.92 Å². The molecule has 3 aromatic rings. The van der Waals surface area contributed by atoms with Gasteiger partial charge in [-0.1, -0.05) is 66.7 Å². The van der Waals surface area contributed by atoms with Crippen molar-refractivity contribution >= 4 is 23.2 Å². The molecule has 0 bridgehead atoms. The Hall–Kier alpha value is -3.13. The van der Waals surface area contributed by atoms with Crippen LogP contribution in [0.4, 0.5) is 5.69 Å². The summed E-state index contributed by atoms with van der Waals surface area (Å²) < 4.78 is 0. The van der Waals surface area contributed by atoms with E-state index < -0.39 is 0 Å². The Morgan fingerprint density at radius 2 is 1.35 bits per heavy atom. The van der Waals surface area contributed by atoms with Crippen molar-refractivity contribution < 1.29 is 4.79 Å². The van der Waals surface area contributed by atoms with Crippen molar-refractivity contribution in [2.45, 2.75) is 19.8 Å². The van der Waals surface area contributed by atoms with Crippen molar-refractivity contribution in [3.05, 3.63) is 101 Å². The van der Waals surface area contributed by atoms with Gasteiger partial charge in [-0.2, -0.15) is 0 Å². The summed E-state index contributed by atoms with van der Waals surface area (Å²) in [7, 11) is 0. The lowest BCUT2D eigenvalue weighted by molar-refractivity contribution is -0.114. The summed E-state index contributed by atoms with van der Waals surface area (Å²) in [6.07, 6.45) is 4.28. The highest BCUT2D eigenvalue weighted by molar-refractivity contribution is 5.98. The van der Waals surface area contributed by atoms with Gasteiger partial charge in [0.1, 0.15) is 0 Å². The number of carbonyl (C=O) groups excluding carboxylic acids is 1. The van der Waals surface area contributed by atoms with E-state index in [2.05, 4.69) is 59.9 Å². The molecule has 128 valence electrons. The van der Waals surface area contributed by atoms with Crippen molar-refractivity contribution in [1.29, 1.82) is 0 Å². The average molecular weight is 339 g/mol. The van der Waals surface area contributed by atoms with Gasteiger partial charge in [0.2, 0.25) is 5.91 Å². The largest absolute Gasteiger partial charge is 0.326 e. The number of aryl methyl sites for hydroxylation is 2. The van der Waals surface area contributed by atoms with Crippen molar-refractivity contribution in [2.75, 3.05) is 5.32 Å². The van der Waals surface area contributed by atoms with Crippen LogP contribution in [0, 0.1) is 0 Å². The molecule has 26 heavy (non-hydrogen) atoms. The van der Waals surface area contributed by atoms with Crippen LogP contribution in [0.1, 0.15) is 34.7 Å². The van der Waals surface area contributed by atoms with Crippen molar-refractivity contribution in [3.8, 4) is 0 Å². The van der Waals surface area contributed by atoms with E-state index in [-0.39, 0.29) is 5.91 Å². The van der Waals surface area contributed by atoms with Crippen LogP contribution in [0.25, 0.3) is 11.6 Å². The summed E-state index contributed by atoms with van der Waals surface area (Å²) in [6.45, 7) is 1.54. The highest BCUT2D eigenvalue weighted by atomic mass is 16.1. The zero-order valence-electron chi connectivity index (χ0n) is 14.8. The standard InChI is InChI=1S/C24H21NO/c1-17(26)25-24-13-7-4-10-20(24)16-23-21-11-5-2-8-18(21)14-15-19-9-3-6-12-22(19)23/h2-13,16H,14-15H2,1H3,(H,25,26). The molecular formula is C24H21NO. The summed E-state index contributed by atoms with van der Waals surface area (Å²) in [4.78, 5) is 11.6. The van der Waals surface area contributed by atoms with Crippen LogP contribution < -0.4 is 5.32 Å². The van der Waals surface area contributed by atoms with Crippen LogP contribution in [-0.4, -0.2) is 5.91 Å². The van der Waals surface area contributed by atoms with Crippen LogP contribution in [-0.2, 0) is 17.6 Å². The maximum Gasteiger partial charge on any atom is 0.221 e. The third-order valence-electron chi connectivity index (χ3n) is 4.85. The van der Waals surface area contributed by atoms with E-state index >= 15 is 0 Å². The van der Waals surface area contributed by atoms with Gasteiger partial charge in [-0.05, 0) is 58.4 Å². The second-order valence-corrected chi connectivity index (χ2v) is 6.64. The molecular weight excluding hydrogens is 318 g/mol. The van der Waals surface area contributed by atoms with Gasteiger partial charge in [0.15, 0.2) is 0 Å². The number of benzene rings is 3. The topological polar surface area (TPSA) is 29.1 Å². The first-order valence-corrected chi connectivity index (χ1v) is 8.97. The molecule has 0 saturated heterocycles. The van der Waals surface area contributed by atoms with Gasteiger partial charge in [0, 0.05) is 12.6 Å². The molecule has 0 fully saturated rings. The molecule has 1 aliphatic rings. The van der Waals surface area contributed by atoms with Crippen LogP contribution in [0.5, 0.6) is 0 Å². The SMILES string of the molecule is CC(=O)Nc1ccccc1C=C1c2ccccc2CCc2ccccc21.